The fraction of sp³-hybridized carbons (Fsp3) is 0.263. The molecule has 0 aliphatic carbocycles. The number of fused-ring (bicyclic) bond motifs is 1. The second kappa shape index (κ2) is 7.93. The van der Waals surface area contributed by atoms with Crippen molar-refractivity contribution < 1.29 is 14.3 Å². The second-order valence-corrected chi connectivity index (χ2v) is 7.73. The van der Waals surface area contributed by atoms with E-state index in [4.69, 9.17) is 16.3 Å². The van der Waals surface area contributed by atoms with Crippen molar-refractivity contribution in [3.63, 3.8) is 0 Å². The Labute approximate surface area is 156 Å². The first-order chi connectivity index (χ1) is 12.0. The number of carbonyl (C=O) groups is 2. The lowest BCUT2D eigenvalue weighted by atomic mass is 10.2. The van der Waals surface area contributed by atoms with Gasteiger partial charge >= 0.3 is 5.97 Å². The zero-order chi connectivity index (χ0) is 17.8. The second-order valence-electron chi connectivity index (χ2n) is 5.82. The number of carbonyl (C=O) groups excluding carboxylic acids is 2. The molecule has 0 N–H and O–H groups in total. The van der Waals surface area contributed by atoms with E-state index in [9.17, 15) is 9.59 Å². The molecule has 3 rings (SSSR count). The first-order valence-electron chi connectivity index (χ1n) is 8.03. The molecular formula is C19H18ClNO3S. The van der Waals surface area contributed by atoms with Crippen molar-refractivity contribution in [3.05, 3.63) is 59.1 Å². The van der Waals surface area contributed by atoms with E-state index in [1.165, 1.54) is 6.07 Å². The average molecular weight is 376 g/mol. The van der Waals surface area contributed by atoms with E-state index in [0.717, 1.165) is 17.0 Å². The molecule has 0 fully saturated rings. The topological polar surface area (TPSA) is 46.6 Å². The minimum absolute atomic E-state index is 0.225. The van der Waals surface area contributed by atoms with Crippen molar-refractivity contribution in [2.24, 2.45) is 0 Å². The van der Waals surface area contributed by atoms with Gasteiger partial charge < -0.3 is 9.64 Å². The van der Waals surface area contributed by atoms with Gasteiger partial charge in [0.2, 0.25) is 0 Å². The zero-order valence-electron chi connectivity index (χ0n) is 13.8. The minimum atomic E-state index is -0.554. The van der Waals surface area contributed by atoms with E-state index in [0.29, 0.717) is 22.4 Å². The fourth-order valence-electron chi connectivity index (χ4n) is 2.65. The van der Waals surface area contributed by atoms with E-state index in [2.05, 4.69) is 6.92 Å². The molecule has 1 aliphatic heterocycles. The van der Waals surface area contributed by atoms with Crippen LogP contribution in [-0.4, -0.2) is 30.3 Å². The first kappa shape index (κ1) is 17.8. The maximum atomic E-state index is 12.6. The molecular weight excluding hydrogens is 358 g/mol. The van der Waals surface area contributed by atoms with Crippen LogP contribution in [0, 0.1) is 0 Å². The summed E-state index contributed by atoms with van der Waals surface area (Å²) in [6.07, 6.45) is 0.882. The molecule has 2 aromatic rings. The molecule has 0 aromatic heterocycles. The normalized spacial score (nSPS) is 16.7. The lowest BCUT2D eigenvalue weighted by Gasteiger charge is -2.22. The van der Waals surface area contributed by atoms with E-state index in [-0.39, 0.29) is 12.5 Å². The number of nitrogens with zero attached hydrogens (tertiary/aromatic N) is 1. The van der Waals surface area contributed by atoms with Crippen LogP contribution in [0.25, 0.3) is 0 Å². The van der Waals surface area contributed by atoms with Crippen molar-refractivity contribution >= 4 is 40.9 Å². The van der Waals surface area contributed by atoms with Gasteiger partial charge in [0, 0.05) is 21.7 Å². The van der Waals surface area contributed by atoms with Gasteiger partial charge in [0.15, 0.2) is 6.61 Å². The Balaban J connectivity index is 1.70. The van der Waals surface area contributed by atoms with E-state index < -0.39 is 5.97 Å². The highest BCUT2D eigenvalue weighted by Gasteiger charge is 2.25. The molecule has 0 spiro atoms. The molecule has 1 amide bonds. The number of benzene rings is 2. The van der Waals surface area contributed by atoms with Gasteiger partial charge in [-0.05, 0) is 36.8 Å². The van der Waals surface area contributed by atoms with Gasteiger partial charge in [0.25, 0.3) is 5.91 Å². The summed E-state index contributed by atoms with van der Waals surface area (Å²) in [4.78, 5) is 27.5. The van der Waals surface area contributed by atoms with Gasteiger partial charge in [0.1, 0.15) is 0 Å². The quantitative estimate of drug-likeness (QED) is 0.745. The molecule has 25 heavy (non-hydrogen) atoms. The molecule has 0 saturated carbocycles. The molecule has 6 heteroatoms. The highest BCUT2D eigenvalue weighted by Crippen LogP contribution is 2.37. The van der Waals surface area contributed by atoms with Gasteiger partial charge in [-0.2, -0.15) is 0 Å². The Morgan fingerprint density at radius 3 is 2.84 bits per heavy atom. The number of ether oxygens (including phenoxy) is 1. The standard InChI is InChI=1S/C19H18ClNO3S/c1-13-9-10-21(16-7-2-3-8-17(16)25-13)18(22)12-24-19(23)14-5-4-6-15(20)11-14/h2-8,11,13H,9-10,12H2,1H3/t13-/m0/s1. The number of para-hydroxylation sites is 1. The summed E-state index contributed by atoms with van der Waals surface area (Å²) < 4.78 is 5.19. The molecule has 1 atom stereocenters. The number of esters is 1. The fourth-order valence-corrected chi connectivity index (χ4v) is 3.95. The van der Waals surface area contributed by atoms with Crippen molar-refractivity contribution in [3.8, 4) is 0 Å². The number of rotatable bonds is 3. The molecule has 1 heterocycles. The number of amides is 1. The summed E-state index contributed by atoms with van der Waals surface area (Å²) in [6, 6.07) is 14.3. The molecule has 130 valence electrons. The maximum absolute atomic E-state index is 12.6. The van der Waals surface area contributed by atoms with Crippen LogP contribution in [0.15, 0.2) is 53.4 Å². The predicted octanol–water partition coefficient (Wildman–Crippen LogP) is 4.41. The lowest BCUT2D eigenvalue weighted by molar-refractivity contribution is -0.121. The average Bonchev–Trinajstić information content (AvgIpc) is 2.77. The van der Waals surface area contributed by atoms with Crippen LogP contribution in [0.4, 0.5) is 5.69 Å². The monoisotopic (exact) mass is 375 g/mol. The van der Waals surface area contributed by atoms with Crippen LogP contribution in [0.1, 0.15) is 23.7 Å². The van der Waals surface area contributed by atoms with Crippen molar-refractivity contribution in [1.29, 1.82) is 0 Å². The Hall–Kier alpha value is -1.98. The Kier molecular flexibility index (Phi) is 5.66. The lowest BCUT2D eigenvalue weighted by Crippen LogP contribution is -2.35. The van der Waals surface area contributed by atoms with Crippen molar-refractivity contribution in [1.82, 2.24) is 0 Å². The molecule has 0 unspecified atom stereocenters. The van der Waals surface area contributed by atoms with Crippen LogP contribution in [0.5, 0.6) is 0 Å². The van der Waals surface area contributed by atoms with Crippen LogP contribution < -0.4 is 4.90 Å². The van der Waals surface area contributed by atoms with Gasteiger partial charge in [-0.25, -0.2) is 4.79 Å². The summed E-state index contributed by atoms with van der Waals surface area (Å²) in [6.45, 7) is 2.46. The van der Waals surface area contributed by atoms with Gasteiger partial charge in [-0.15, -0.1) is 11.8 Å². The minimum Gasteiger partial charge on any atom is -0.452 e. The van der Waals surface area contributed by atoms with E-state index >= 15 is 0 Å². The predicted molar refractivity (Wildman–Crippen MR) is 100 cm³/mol. The van der Waals surface area contributed by atoms with Gasteiger partial charge in [-0.3, -0.25) is 4.79 Å². The molecule has 0 saturated heterocycles. The highest BCUT2D eigenvalue weighted by atomic mass is 35.5. The van der Waals surface area contributed by atoms with Crippen molar-refractivity contribution in [2.45, 2.75) is 23.5 Å². The number of thioether (sulfide) groups is 1. The van der Waals surface area contributed by atoms with Gasteiger partial charge in [-0.1, -0.05) is 36.7 Å². The third-order valence-corrected chi connectivity index (χ3v) is 5.40. The molecule has 0 bridgehead atoms. The van der Waals surface area contributed by atoms with Gasteiger partial charge in [0.05, 0.1) is 11.3 Å². The summed E-state index contributed by atoms with van der Waals surface area (Å²) >= 11 is 7.64. The van der Waals surface area contributed by atoms with Crippen LogP contribution >= 0.6 is 23.4 Å². The SMILES string of the molecule is C[C@H]1CCN(C(=O)COC(=O)c2cccc(Cl)c2)c2ccccc2S1. The smallest absolute Gasteiger partial charge is 0.338 e. The summed E-state index contributed by atoms with van der Waals surface area (Å²) in [7, 11) is 0. The maximum Gasteiger partial charge on any atom is 0.338 e. The first-order valence-corrected chi connectivity index (χ1v) is 9.29. The van der Waals surface area contributed by atoms with Crippen LogP contribution in [-0.2, 0) is 9.53 Å². The van der Waals surface area contributed by atoms with Crippen molar-refractivity contribution in [2.75, 3.05) is 18.1 Å². The van der Waals surface area contributed by atoms with E-state index in [1.54, 1.807) is 34.9 Å². The third kappa shape index (κ3) is 4.35. The molecule has 0 radical (unpaired) electrons. The van der Waals surface area contributed by atoms with E-state index in [1.807, 2.05) is 24.3 Å². The number of anilines is 1. The zero-order valence-corrected chi connectivity index (χ0v) is 15.3. The summed E-state index contributed by atoms with van der Waals surface area (Å²) in [5, 5.41) is 0.876. The number of halogens is 1. The Bertz CT molecular complexity index is 796. The Morgan fingerprint density at radius 1 is 1.24 bits per heavy atom. The van der Waals surface area contributed by atoms with Crippen LogP contribution in [0.2, 0.25) is 5.02 Å². The largest absolute Gasteiger partial charge is 0.452 e. The number of hydrogen-bond acceptors (Lipinski definition) is 4. The molecule has 2 aromatic carbocycles. The van der Waals surface area contributed by atoms with Crippen LogP contribution in [0.3, 0.4) is 0 Å². The number of hydrogen-bond donors (Lipinski definition) is 0. The molecule has 1 aliphatic rings. The third-order valence-electron chi connectivity index (χ3n) is 3.93. The molecule has 4 nitrogen and oxygen atoms in total. The highest BCUT2D eigenvalue weighted by molar-refractivity contribution is 8.00. The summed E-state index contributed by atoms with van der Waals surface area (Å²) in [5.41, 5.74) is 1.21. The summed E-state index contributed by atoms with van der Waals surface area (Å²) in [5.74, 6) is -0.778. The Morgan fingerprint density at radius 2 is 2.04 bits per heavy atom.